The molecule has 3 aromatic rings. The van der Waals surface area contributed by atoms with E-state index in [-0.39, 0.29) is 24.4 Å². The lowest BCUT2D eigenvalue weighted by atomic mass is 9.76. The van der Waals surface area contributed by atoms with Gasteiger partial charge in [-0.2, -0.15) is 0 Å². The Balaban J connectivity index is 1.32. The number of nitrogens with zero attached hydrogens (tertiary/aromatic N) is 1. The molecule has 160 valence electrons. The number of urea groups is 1. The number of carbonyl (C=O) groups is 3. The Morgan fingerprint density at radius 1 is 0.938 bits per heavy atom. The monoisotopic (exact) mass is 425 g/mol. The van der Waals surface area contributed by atoms with Crippen LogP contribution in [0, 0.1) is 0 Å². The fourth-order valence-electron chi connectivity index (χ4n) is 4.62. The number of nitrogens with one attached hydrogen (secondary N) is 2. The van der Waals surface area contributed by atoms with E-state index in [4.69, 9.17) is 0 Å². The van der Waals surface area contributed by atoms with Crippen molar-refractivity contribution in [3.8, 4) is 0 Å². The summed E-state index contributed by atoms with van der Waals surface area (Å²) in [5.74, 6) is -0.420. The molecule has 32 heavy (non-hydrogen) atoms. The van der Waals surface area contributed by atoms with Gasteiger partial charge in [0.25, 0.3) is 11.8 Å². The fourth-order valence-corrected chi connectivity index (χ4v) is 4.62. The number of hydrogen-bond donors (Lipinski definition) is 2. The summed E-state index contributed by atoms with van der Waals surface area (Å²) in [7, 11) is 0. The van der Waals surface area contributed by atoms with Crippen molar-refractivity contribution < 1.29 is 14.4 Å². The Hall–Kier alpha value is -3.93. The van der Waals surface area contributed by atoms with E-state index in [0.717, 1.165) is 35.2 Å². The number of carbonyl (C=O) groups excluding carboxylic acids is 3. The fraction of sp³-hybridized carbons (Fsp3) is 0.192. The molecule has 1 aliphatic carbocycles. The van der Waals surface area contributed by atoms with Crippen molar-refractivity contribution in [2.45, 2.75) is 31.3 Å². The molecular weight excluding hydrogens is 402 g/mol. The van der Waals surface area contributed by atoms with Crippen molar-refractivity contribution in [3.63, 3.8) is 0 Å². The SMILES string of the molecule is O=C(Nc1ccccc1)c1ccc(CN2C(=O)NC3(CCCc4ccccc43)C2=O)cc1. The number of benzene rings is 3. The molecule has 0 bridgehead atoms. The van der Waals surface area contributed by atoms with Gasteiger partial charge in [0.05, 0.1) is 6.54 Å². The minimum atomic E-state index is -0.971. The minimum absolute atomic E-state index is 0.162. The zero-order valence-electron chi connectivity index (χ0n) is 17.5. The average Bonchev–Trinajstić information content (AvgIpc) is 3.05. The first-order valence-corrected chi connectivity index (χ1v) is 10.7. The number of aryl methyl sites for hydroxylation is 1. The minimum Gasteiger partial charge on any atom is -0.322 e. The van der Waals surface area contributed by atoms with Gasteiger partial charge in [0.1, 0.15) is 5.54 Å². The Bertz CT molecular complexity index is 1190. The number of hydrogen-bond acceptors (Lipinski definition) is 3. The van der Waals surface area contributed by atoms with Gasteiger partial charge < -0.3 is 10.6 Å². The van der Waals surface area contributed by atoms with Gasteiger partial charge in [0, 0.05) is 11.3 Å². The van der Waals surface area contributed by atoms with E-state index in [1.807, 2.05) is 54.6 Å². The number of imide groups is 1. The molecular formula is C26H23N3O3. The number of anilines is 1. The van der Waals surface area contributed by atoms with Crippen molar-refractivity contribution >= 4 is 23.5 Å². The summed E-state index contributed by atoms with van der Waals surface area (Å²) in [5, 5.41) is 5.82. The first-order valence-electron chi connectivity index (χ1n) is 10.7. The second kappa shape index (κ2) is 7.96. The highest BCUT2D eigenvalue weighted by molar-refractivity contribution is 6.08. The van der Waals surface area contributed by atoms with Gasteiger partial charge in [-0.05, 0) is 60.2 Å². The molecule has 5 rings (SSSR count). The largest absolute Gasteiger partial charge is 0.325 e. The van der Waals surface area contributed by atoms with Crippen LogP contribution in [0.3, 0.4) is 0 Å². The van der Waals surface area contributed by atoms with Gasteiger partial charge in [-0.3, -0.25) is 14.5 Å². The topological polar surface area (TPSA) is 78.5 Å². The molecule has 1 aliphatic heterocycles. The van der Waals surface area contributed by atoms with Crippen molar-refractivity contribution in [2.24, 2.45) is 0 Å². The van der Waals surface area contributed by atoms with Crippen molar-refractivity contribution in [3.05, 3.63) is 101 Å². The number of para-hydroxylation sites is 1. The molecule has 1 saturated heterocycles. The van der Waals surface area contributed by atoms with Crippen LogP contribution >= 0.6 is 0 Å². The van der Waals surface area contributed by atoms with Crippen LogP contribution in [0.2, 0.25) is 0 Å². The Labute approximate surface area is 186 Å². The van der Waals surface area contributed by atoms with Crippen LogP contribution in [-0.4, -0.2) is 22.7 Å². The van der Waals surface area contributed by atoms with E-state index in [1.54, 1.807) is 24.3 Å². The zero-order chi connectivity index (χ0) is 22.1. The third-order valence-electron chi connectivity index (χ3n) is 6.24. The first kappa shape index (κ1) is 20.0. The molecule has 3 aromatic carbocycles. The second-order valence-corrected chi connectivity index (χ2v) is 8.25. The lowest BCUT2D eigenvalue weighted by Crippen LogP contribution is -2.46. The summed E-state index contributed by atoms with van der Waals surface area (Å²) in [4.78, 5) is 39.9. The van der Waals surface area contributed by atoms with Crippen LogP contribution in [0.1, 0.15) is 39.9 Å². The van der Waals surface area contributed by atoms with Gasteiger partial charge in [0.15, 0.2) is 0 Å². The predicted molar refractivity (Wildman–Crippen MR) is 121 cm³/mol. The van der Waals surface area contributed by atoms with Crippen LogP contribution < -0.4 is 10.6 Å². The highest BCUT2D eigenvalue weighted by Gasteiger charge is 2.53. The van der Waals surface area contributed by atoms with Gasteiger partial charge >= 0.3 is 6.03 Å². The lowest BCUT2D eigenvalue weighted by molar-refractivity contribution is -0.132. The second-order valence-electron chi connectivity index (χ2n) is 8.25. The summed E-state index contributed by atoms with van der Waals surface area (Å²) >= 11 is 0. The standard InChI is InChI=1S/C26H23N3O3/c30-23(27-21-9-2-1-3-10-21)20-14-12-18(13-15-20)17-29-24(31)26(28-25(29)32)16-6-8-19-7-4-5-11-22(19)26/h1-5,7,9-15H,6,8,16-17H2,(H,27,30)(H,28,32). The van der Waals surface area contributed by atoms with Crippen LogP contribution in [0.25, 0.3) is 0 Å². The maximum Gasteiger partial charge on any atom is 0.325 e. The van der Waals surface area contributed by atoms with Crippen molar-refractivity contribution in [1.82, 2.24) is 10.2 Å². The predicted octanol–water partition coefficient (Wildman–Crippen LogP) is 4.22. The van der Waals surface area contributed by atoms with Crippen LogP contribution in [0.15, 0.2) is 78.9 Å². The molecule has 6 nitrogen and oxygen atoms in total. The summed E-state index contributed by atoms with van der Waals surface area (Å²) in [6.45, 7) is 0.162. The van der Waals surface area contributed by atoms with Crippen LogP contribution in [0.4, 0.5) is 10.5 Å². The van der Waals surface area contributed by atoms with Gasteiger partial charge in [-0.25, -0.2) is 4.79 Å². The number of amides is 4. The van der Waals surface area contributed by atoms with Gasteiger partial charge in [-0.1, -0.05) is 54.6 Å². The van der Waals surface area contributed by atoms with E-state index in [1.165, 1.54) is 4.90 Å². The molecule has 1 unspecified atom stereocenters. The van der Waals surface area contributed by atoms with Crippen molar-refractivity contribution in [1.29, 1.82) is 0 Å². The van der Waals surface area contributed by atoms with Crippen molar-refractivity contribution in [2.75, 3.05) is 5.32 Å². The molecule has 2 aliphatic rings. The van der Waals surface area contributed by atoms with Crippen LogP contribution in [-0.2, 0) is 23.3 Å². The molecule has 4 amide bonds. The molecule has 6 heteroatoms. The molecule has 1 atom stereocenters. The summed E-state index contributed by atoms with van der Waals surface area (Å²) in [6, 6.07) is 23.7. The summed E-state index contributed by atoms with van der Waals surface area (Å²) in [5.41, 5.74) is 3.06. The van der Waals surface area contributed by atoms with E-state index >= 15 is 0 Å². The Kier molecular flexibility index (Phi) is 4.98. The maximum atomic E-state index is 13.4. The molecule has 0 radical (unpaired) electrons. The van der Waals surface area contributed by atoms with Crippen LogP contribution in [0.5, 0.6) is 0 Å². The molecule has 0 saturated carbocycles. The molecule has 2 N–H and O–H groups in total. The van der Waals surface area contributed by atoms with E-state index in [9.17, 15) is 14.4 Å². The smallest absolute Gasteiger partial charge is 0.322 e. The first-order chi connectivity index (χ1) is 15.6. The number of rotatable bonds is 4. The Morgan fingerprint density at radius 3 is 2.44 bits per heavy atom. The molecule has 1 spiro atoms. The van der Waals surface area contributed by atoms with E-state index in [2.05, 4.69) is 10.6 Å². The highest BCUT2D eigenvalue weighted by Crippen LogP contribution is 2.40. The molecule has 1 fully saturated rings. The average molecular weight is 425 g/mol. The summed E-state index contributed by atoms with van der Waals surface area (Å²) in [6.07, 6.45) is 2.36. The number of fused-ring (bicyclic) bond motifs is 2. The molecule has 1 heterocycles. The van der Waals surface area contributed by atoms with Gasteiger partial charge in [-0.15, -0.1) is 0 Å². The third-order valence-corrected chi connectivity index (χ3v) is 6.24. The Morgan fingerprint density at radius 2 is 1.66 bits per heavy atom. The third kappa shape index (κ3) is 3.43. The quantitative estimate of drug-likeness (QED) is 0.615. The van der Waals surface area contributed by atoms with E-state index < -0.39 is 5.54 Å². The van der Waals surface area contributed by atoms with E-state index in [0.29, 0.717) is 12.0 Å². The molecule has 0 aromatic heterocycles. The van der Waals surface area contributed by atoms with Gasteiger partial charge in [0.2, 0.25) is 0 Å². The zero-order valence-corrected chi connectivity index (χ0v) is 17.5. The normalized spacial score (nSPS) is 19.6. The lowest BCUT2D eigenvalue weighted by Gasteiger charge is -2.33. The summed E-state index contributed by atoms with van der Waals surface area (Å²) < 4.78 is 0. The highest BCUT2D eigenvalue weighted by atomic mass is 16.2. The maximum absolute atomic E-state index is 13.4.